The molecule has 23 heavy (non-hydrogen) atoms. The molecule has 0 atom stereocenters. The lowest BCUT2D eigenvalue weighted by Gasteiger charge is -2.14. The fourth-order valence-corrected chi connectivity index (χ4v) is 2.00. The van der Waals surface area contributed by atoms with Crippen molar-refractivity contribution in [3.63, 3.8) is 0 Å². The van der Waals surface area contributed by atoms with Crippen LogP contribution >= 0.6 is 15.9 Å². The van der Waals surface area contributed by atoms with Crippen LogP contribution in [0.15, 0.2) is 16.6 Å². The van der Waals surface area contributed by atoms with E-state index >= 15 is 0 Å². The van der Waals surface area contributed by atoms with Crippen LogP contribution in [-0.2, 0) is 4.84 Å². The SMILES string of the molecule is O=[N+]([O-])OCCN(c1cc(Br)c([N+](=O)[O-])cc1[N+](=O)[O-])[N+](=O)[O-]. The molecule has 0 amide bonds. The number of hydrazine groups is 1. The number of rotatable bonds is 8. The molecule has 1 rings (SSSR count). The van der Waals surface area contributed by atoms with Crippen LogP contribution < -0.4 is 5.01 Å². The van der Waals surface area contributed by atoms with E-state index in [9.17, 15) is 40.5 Å². The average Bonchev–Trinajstić information content (AvgIpc) is 2.41. The molecule has 1 aromatic carbocycles. The van der Waals surface area contributed by atoms with Crippen LogP contribution in [0.1, 0.15) is 0 Å². The number of nitro benzene ring substituents is 2. The quantitative estimate of drug-likeness (QED) is 0.460. The molecule has 0 aliphatic heterocycles. The largest absolute Gasteiger partial charge is 0.312 e. The standard InChI is InChI=1S/C8H6BrN5O9/c9-5-3-7(8(12(17)18)4-6(5)11(15)16)10(13(19)20)1-2-23-14(21)22/h3-4H,1-2H2. The van der Waals surface area contributed by atoms with Gasteiger partial charge in [0.1, 0.15) is 13.2 Å². The van der Waals surface area contributed by atoms with Gasteiger partial charge in [-0.3, -0.25) is 20.2 Å². The first-order valence-corrected chi connectivity index (χ1v) is 6.26. The molecular weight excluding hydrogens is 390 g/mol. The zero-order valence-corrected chi connectivity index (χ0v) is 12.4. The molecule has 0 N–H and O–H groups in total. The smallest absolute Gasteiger partial charge is 0.305 e. The molecule has 1 aromatic rings. The van der Waals surface area contributed by atoms with Crippen molar-refractivity contribution in [1.29, 1.82) is 0 Å². The summed E-state index contributed by atoms with van der Waals surface area (Å²) in [7, 11) is 0. The van der Waals surface area contributed by atoms with E-state index in [1.165, 1.54) is 0 Å². The summed E-state index contributed by atoms with van der Waals surface area (Å²) in [5.74, 6) is 0. The highest BCUT2D eigenvalue weighted by Crippen LogP contribution is 2.37. The van der Waals surface area contributed by atoms with Gasteiger partial charge in [-0.15, -0.1) is 10.1 Å². The summed E-state index contributed by atoms with van der Waals surface area (Å²) in [5, 5.41) is 40.8. The topological polar surface area (TPSA) is 185 Å². The van der Waals surface area contributed by atoms with Crippen LogP contribution in [0.2, 0.25) is 0 Å². The molecule has 0 spiro atoms. The number of nitro groups is 3. The Hall–Kier alpha value is -3.10. The summed E-state index contributed by atoms with van der Waals surface area (Å²) in [6.07, 6.45) is 0. The number of hydrogen-bond donors (Lipinski definition) is 0. The van der Waals surface area contributed by atoms with Crippen molar-refractivity contribution >= 4 is 33.0 Å². The maximum Gasteiger partial charge on any atom is 0.305 e. The summed E-state index contributed by atoms with van der Waals surface area (Å²) in [4.78, 5) is 44.8. The summed E-state index contributed by atoms with van der Waals surface area (Å²) in [5.41, 5.74) is -2.16. The zero-order chi connectivity index (χ0) is 17.7. The Kier molecular flexibility index (Phi) is 5.66. The van der Waals surface area contributed by atoms with Crippen molar-refractivity contribution in [3.8, 4) is 0 Å². The fourth-order valence-electron chi connectivity index (χ4n) is 1.53. The second kappa shape index (κ2) is 7.25. The highest BCUT2D eigenvalue weighted by molar-refractivity contribution is 9.10. The Morgan fingerprint density at radius 1 is 1.00 bits per heavy atom. The molecule has 0 saturated carbocycles. The Morgan fingerprint density at radius 3 is 2.00 bits per heavy atom. The maximum absolute atomic E-state index is 11.0. The molecule has 0 bridgehead atoms. The summed E-state index contributed by atoms with van der Waals surface area (Å²) < 4.78 is -0.231. The lowest BCUT2D eigenvalue weighted by Crippen LogP contribution is -2.34. The fraction of sp³-hybridized carbons (Fsp3) is 0.250. The number of anilines is 1. The van der Waals surface area contributed by atoms with Crippen LogP contribution in [0.25, 0.3) is 0 Å². The average molecular weight is 396 g/mol. The molecule has 0 fully saturated rings. The molecule has 0 saturated heterocycles. The summed E-state index contributed by atoms with van der Waals surface area (Å²) in [6.45, 7) is -1.43. The van der Waals surface area contributed by atoms with E-state index in [2.05, 4.69) is 20.8 Å². The van der Waals surface area contributed by atoms with Gasteiger partial charge >= 0.3 is 5.69 Å². The van der Waals surface area contributed by atoms with Crippen molar-refractivity contribution in [3.05, 3.63) is 57.1 Å². The van der Waals surface area contributed by atoms with Crippen LogP contribution in [-0.4, -0.2) is 33.1 Å². The van der Waals surface area contributed by atoms with Crippen molar-refractivity contribution in [2.75, 3.05) is 18.2 Å². The predicted octanol–water partition coefficient (Wildman–Crippen LogP) is 1.47. The first-order chi connectivity index (χ1) is 10.6. The molecule has 15 heteroatoms. The van der Waals surface area contributed by atoms with E-state index in [-0.39, 0.29) is 9.48 Å². The highest BCUT2D eigenvalue weighted by atomic mass is 79.9. The molecule has 0 aromatic heterocycles. The third kappa shape index (κ3) is 4.43. The maximum atomic E-state index is 11.0. The molecular formula is C8H6BrN5O9. The first kappa shape index (κ1) is 18.0. The Balaban J connectivity index is 3.32. The zero-order valence-electron chi connectivity index (χ0n) is 10.9. The van der Waals surface area contributed by atoms with E-state index in [0.29, 0.717) is 6.07 Å². The van der Waals surface area contributed by atoms with Gasteiger partial charge in [-0.1, -0.05) is 5.01 Å². The van der Waals surface area contributed by atoms with Gasteiger partial charge in [0.05, 0.1) is 20.4 Å². The van der Waals surface area contributed by atoms with Gasteiger partial charge < -0.3 is 4.84 Å². The lowest BCUT2D eigenvalue weighted by molar-refractivity contribution is -0.757. The summed E-state index contributed by atoms with van der Waals surface area (Å²) in [6, 6.07) is 1.36. The van der Waals surface area contributed by atoms with Crippen molar-refractivity contribution in [2.24, 2.45) is 0 Å². The second-order valence-electron chi connectivity index (χ2n) is 3.72. The monoisotopic (exact) mass is 395 g/mol. The first-order valence-electron chi connectivity index (χ1n) is 5.46. The minimum Gasteiger partial charge on any atom is -0.312 e. The highest BCUT2D eigenvalue weighted by Gasteiger charge is 2.31. The van der Waals surface area contributed by atoms with Gasteiger partial charge in [0.15, 0.2) is 10.7 Å². The van der Waals surface area contributed by atoms with Gasteiger partial charge in [0.2, 0.25) is 0 Å². The molecule has 0 heterocycles. The van der Waals surface area contributed by atoms with Crippen LogP contribution in [0.4, 0.5) is 17.1 Å². The summed E-state index contributed by atoms with van der Waals surface area (Å²) >= 11 is 2.79. The van der Waals surface area contributed by atoms with Crippen molar-refractivity contribution < 1.29 is 24.8 Å². The molecule has 124 valence electrons. The van der Waals surface area contributed by atoms with E-state index in [1.807, 2.05) is 0 Å². The van der Waals surface area contributed by atoms with Gasteiger partial charge in [-0.05, 0) is 22.0 Å². The van der Waals surface area contributed by atoms with Crippen LogP contribution in [0, 0.1) is 40.5 Å². The molecule has 0 aliphatic carbocycles. The number of benzene rings is 1. The van der Waals surface area contributed by atoms with Crippen molar-refractivity contribution in [1.82, 2.24) is 0 Å². The number of halogens is 1. The Bertz CT molecular complexity index is 680. The molecule has 0 radical (unpaired) electrons. The van der Waals surface area contributed by atoms with E-state index in [1.54, 1.807) is 0 Å². The van der Waals surface area contributed by atoms with Gasteiger partial charge in [0.25, 0.3) is 10.8 Å². The second-order valence-corrected chi connectivity index (χ2v) is 4.58. The third-order valence-corrected chi connectivity index (χ3v) is 3.05. The van der Waals surface area contributed by atoms with Gasteiger partial charge in [-0.25, -0.2) is 10.1 Å². The van der Waals surface area contributed by atoms with Crippen LogP contribution in [0.3, 0.4) is 0 Å². The number of nitrogens with zero attached hydrogens (tertiary/aromatic N) is 5. The van der Waals surface area contributed by atoms with E-state index < -0.39 is 50.2 Å². The van der Waals surface area contributed by atoms with E-state index in [0.717, 1.165) is 6.07 Å². The van der Waals surface area contributed by atoms with Crippen molar-refractivity contribution in [2.45, 2.75) is 0 Å². The molecule has 0 unspecified atom stereocenters. The van der Waals surface area contributed by atoms with Crippen LogP contribution in [0.5, 0.6) is 0 Å². The normalized spacial score (nSPS) is 9.96. The molecule has 0 aliphatic rings. The van der Waals surface area contributed by atoms with E-state index in [4.69, 9.17) is 0 Å². The number of hydrogen-bond acceptors (Lipinski definition) is 9. The Morgan fingerprint density at radius 2 is 1.57 bits per heavy atom. The Labute approximate surface area is 133 Å². The minimum atomic E-state index is -1.18. The minimum absolute atomic E-state index is 0.218. The third-order valence-electron chi connectivity index (χ3n) is 2.41. The lowest BCUT2D eigenvalue weighted by atomic mass is 10.2. The van der Waals surface area contributed by atoms with Gasteiger partial charge in [-0.2, -0.15) is 0 Å². The predicted molar refractivity (Wildman–Crippen MR) is 74.7 cm³/mol. The molecule has 14 nitrogen and oxygen atoms in total. The van der Waals surface area contributed by atoms with Gasteiger partial charge in [0, 0.05) is 0 Å².